The summed E-state index contributed by atoms with van der Waals surface area (Å²) in [5, 5.41) is 7.74. The average Bonchev–Trinajstić information content (AvgIpc) is 3.24. The number of hydrogen-bond acceptors (Lipinski definition) is 5. The van der Waals surface area contributed by atoms with Gasteiger partial charge in [-0.05, 0) is 36.4 Å². The maximum atomic E-state index is 6.38. The number of hydrogen-bond donors (Lipinski definition) is 0. The molecule has 0 bridgehead atoms. The van der Waals surface area contributed by atoms with Gasteiger partial charge in [-0.3, -0.25) is 0 Å². The van der Waals surface area contributed by atoms with Gasteiger partial charge in [0.1, 0.15) is 19.0 Å². The van der Waals surface area contributed by atoms with E-state index in [0.717, 1.165) is 46.1 Å². The second-order valence-electron chi connectivity index (χ2n) is 7.57. The van der Waals surface area contributed by atoms with Gasteiger partial charge in [-0.1, -0.05) is 41.9 Å². The minimum atomic E-state index is -0.335. The van der Waals surface area contributed by atoms with E-state index in [1.165, 1.54) is 0 Å². The Morgan fingerprint density at radius 3 is 2.63 bits per heavy atom. The third-order valence-electron chi connectivity index (χ3n) is 5.71. The van der Waals surface area contributed by atoms with E-state index in [9.17, 15) is 0 Å². The fraction of sp³-hybridized carbons (Fsp3) is 0.208. The first kappa shape index (κ1) is 17.7. The SMILES string of the molecule is Clc1cccc(C2Oc3ccccc3C3CC(c4ccc5c(c4)OCCO5)=NN32)c1. The lowest BCUT2D eigenvalue weighted by Crippen LogP contribution is -2.33. The van der Waals surface area contributed by atoms with Crippen molar-refractivity contribution >= 4 is 17.3 Å². The number of nitrogens with zero attached hydrogens (tertiary/aromatic N) is 2. The monoisotopic (exact) mass is 418 g/mol. The Hall–Kier alpha value is -3.18. The summed E-state index contributed by atoms with van der Waals surface area (Å²) in [6, 6.07) is 22.1. The first-order valence-electron chi connectivity index (χ1n) is 10.0. The minimum Gasteiger partial charge on any atom is -0.486 e. The molecule has 0 N–H and O–H groups in total. The van der Waals surface area contributed by atoms with E-state index in [0.29, 0.717) is 18.2 Å². The van der Waals surface area contributed by atoms with Crippen molar-refractivity contribution in [1.29, 1.82) is 0 Å². The molecule has 6 heteroatoms. The molecular formula is C24H19ClN2O3. The Morgan fingerprint density at radius 2 is 1.73 bits per heavy atom. The molecule has 0 saturated carbocycles. The van der Waals surface area contributed by atoms with Crippen molar-refractivity contribution in [3.8, 4) is 17.2 Å². The van der Waals surface area contributed by atoms with E-state index in [1.54, 1.807) is 0 Å². The topological polar surface area (TPSA) is 43.3 Å². The van der Waals surface area contributed by atoms with Crippen molar-refractivity contribution < 1.29 is 14.2 Å². The van der Waals surface area contributed by atoms with Crippen molar-refractivity contribution in [2.75, 3.05) is 13.2 Å². The van der Waals surface area contributed by atoms with Gasteiger partial charge in [0.2, 0.25) is 6.23 Å². The Bertz CT molecular complexity index is 1160. The molecule has 0 radical (unpaired) electrons. The summed E-state index contributed by atoms with van der Waals surface area (Å²) in [6.07, 6.45) is 0.454. The summed E-state index contributed by atoms with van der Waals surface area (Å²) >= 11 is 6.26. The molecule has 5 nitrogen and oxygen atoms in total. The molecule has 6 rings (SSSR count). The molecule has 3 aromatic carbocycles. The van der Waals surface area contributed by atoms with Crippen molar-refractivity contribution in [3.05, 3.63) is 88.4 Å². The highest BCUT2D eigenvalue weighted by Crippen LogP contribution is 2.48. The summed E-state index contributed by atoms with van der Waals surface area (Å²) in [5.41, 5.74) is 4.17. The quantitative estimate of drug-likeness (QED) is 0.562. The van der Waals surface area contributed by atoms with E-state index in [-0.39, 0.29) is 12.3 Å². The number of hydrazone groups is 1. The van der Waals surface area contributed by atoms with Crippen LogP contribution >= 0.6 is 11.6 Å². The Balaban J connectivity index is 1.42. The molecule has 2 atom stereocenters. The molecule has 0 aliphatic carbocycles. The molecule has 0 saturated heterocycles. The zero-order chi connectivity index (χ0) is 20.1. The largest absolute Gasteiger partial charge is 0.486 e. The van der Waals surface area contributed by atoms with Gasteiger partial charge in [0, 0.05) is 28.1 Å². The van der Waals surface area contributed by atoms with Crippen molar-refractivity contribution in [1.82, 2.24) is 5.01 Å². The third-order valence-corrected chi connectivity index (χ3v) is 5.94. The van der Waals surface area contributed by atoms with Crippen LogP contribution in [-0.2, 0) is 0 Å². The molecule has 0 amide bonds. The zero-order valence-corrected chi connectivity index (χ0v) is 16.9. The summed E-state index contributed by atoms with van der Waals surface area (Å²) in [6.45, 7) is 1.15. The van der Waals surface area contributed by atoms with Crippen LogP contribution in [0.2, 0.25) is 5.02 Å². The maximum Gasteiger partial charge on any atom is 0.213 e. The van der Waals surface area contributed by atoms with Crippen LogP contribution < -0.4 is 14.2 Å². The van der Waals surface area contributed by atoms with Gasteiger partial charge < -0.3 is 14.2 Å². The lowest BCUT2D eigenvalue weighted by Gasteiger charge is -2.38. The fourth-order valence-corrected chi connectivity index (χ4v) is 4.51. The number of benzene rings is 3. The second kappa shape index (κ2) is 6.96. The first-order valence-corrected chi connectivity index (χ1v) is 10.4. The van der Waals surface area contributed by atoms with E-state index in [4.69, 9.17) is 30.9 Å². The van der Waals surface area contributed by atoms with Crippen molar-refractivity contribution in [3.63, 3.8) is 0 Å². The maximum absolute atomic E-state index is 6.38. The van der Waals surface area contributed by atoms with Gasteiger partial charge in [-0.25, -0.2) is 5.01 Å². The Labute approximate surface area is 179 Å². The number of rotatable bonds is 2. The lowest BCUT2D eigenvalue weighted by molar-refractivity contribution is -0.0190. The van der Waals surface area contributed by atoms with E-state index < -0.39 is 0 Å². The first-order chi connectivity index (χ1) is 14.8. The summed E-state index contributed by atoms with van der Waals surface area (Å²) in [7, 11) is 0. The van der Waals surface area contributed by atoms with Crippen LogP contribution in [0.3, 0.4) is 0 Å². The highest BCUT2D eigenvalue weighted by Gasteiger charge is 2.41. The number of ether oxygens (including phenoxy) is 3. The summed E-state index contributed by atoms with van der Waals surface area (Å²) < 4.78 is 17.8. The van der Waals surface area contributed by atoms with E-state index >= 15 is 0 Å². The standard InChI is InChI=1S/C24H19ClN2O3/c25-17-5-3-4-16(12-17)24-27-20(18-6-1-2-7-21(18)30-24)14-19(26-27)15-8-9-22-23(13-15)29-11-10-28-22/h1-9,12-13,20,24H,10-11,14H2. The molecule has 150 valence electrons. The van der Waals surface area contributed by atoms with E-state index in [2.05, 4.69) is 11.1 Å². The van der Waals surface area contributed by atoms with Gasteiger partial charge >= 0.3 is 0 Å². The number of halogens is 1. The normalized spacial score (nSPS) is 21.4. The van der Waals surface area contributed by atoms with Gasteiger partial charge in [-0.15, -0.1) is 0 Å². The van der Waals surface area contributed by atoms with Gasteiger partial charge in [-0.2, -0.15) is 5.10 Å². The van der Waals surface area contributed by atoms with Crippen LogP contribution in [0.25, 0.3) is 0 Å². The molecule has 3 aromatic rings. The van der Waals surface area contributed by atoms with Gasteiger partial charge in [0.15, 0.2) is 11.5 Å². The highest BCUT2D eigenvalue weighted by molar-refractivity contribution is 6.30. The molecule has 30 heavy (non-hydrogen) atoms. The number of para-hydroxylation sites is 1. The van der Waals surface area contributed by atoms with Crippen molar-refractivity contribution in [2.45, 2.75) is 18.7 Å². The van der Waals surface area contributed by atoms with Crippen LogP contribution in [0.5, 0.6) is 17.2 Å². The van der Waals surface area contributed by atoms with Gasteiger partial charge in [0.05, 0.1) is 11.8 Å². The molecule has 0 spiro atoms. The van der Waals surface area contributed by atoms with Crippen LogP contribution in [-0.4, -0.2) is 23.9 Å². The van der Waals surface area contributed by atoms with Crippen LogP contribution in [0.1, 0.15) is 35.4 Å². The fourth-order valence-electron chi connectivity index (χ4n) is 4.31. The molecular weight excluding hydrogens is 400 g/mol. The summed E-state index contributed by atoms with van der Waals surface area (Å²) in [5.74, 6) is 2.45. The third kappa shape index (κ3) is 2.89. The number of fused-ring (bicyclic) bond motifs is 4. The Kier molecular flexibility index (Phi) is 4.09. The van der Waals surface area contributed by atoms with Crippen LogP contribution in [0.4, 0.5) is 0 Å². The zero-order valence-electron chi connectivity index (χ0n) is 16.1. The van der Waals surface area contributed by atoms with Crippen molar-refractivity contribution in [2.24, 2.45) is 5.10 Å². The molecule has 0 fully saturated rings. The Morgan fingerprint density at radius 1 is 0.867 bits per heavy atom. The lowest BCUT2D eigenvalue weighted by atomic mass is 9.96. The molecule has 3 aliphatic heterocycles. The average molecular weight is 419 g/mol. The second-order valence-corrected chi connectivity index (χ2v) is 8.00. The van der Waals surface area contributed by atoms with Crippen LogP contribution in [0.15, 0.2) is 71.8 Å². The minimum absolute atomic E-state index is 0.0992. The molecule has 2 unspecified atom stereocenters. The summed E-state index contributed by atoms with van der Waals surface area (Å²) in [4.78, 5) is 0. The smallest absolute Gasteiger partial charge is 0.213 e. The molecule has 0 aromatic heterocycles. The molecule has 3 heterocycles. The van der Waals surface area contributed by atoms with E-state index in [1.807, 2.05) is 60.7 Å². The van der Waals surface area contributed by atoms with Gasteiger partial charge in [0.25, 0.3) is 0 Å². The van der Waals surface area contributed by atoms with Crippen LogP contribution in [0, 0.1) is 0 Å². The molecule has 3 aliphatic rings. The highest BCUT2D eigenvalue weighted by atomic mass is 35.5. The predicted molar refractivity (Wildman–Crippen MR) is 114 cm³/mol. The predicted octanol–water partition coefficient (Wildman–Crippen LogP) is 5.35.